The predicted molar refractivity (Wildman–Crippen MR) is 100.0 cm³/mol. The highest BCUT2D eigenvalue weighted by Crippen LogP contribution is 2.34. The largest absolute Gasteiger partial charge is 0.497 e. The van der Waals surface area contributed by atoms with E-state index in [0.29, 0.717) is 29.9 Å². The summed E-state index contributed by atoms with van der Waals surface area (Å²) >= 11 is 0. The van der Waals surface area contributed by atoms with E-state index in [-0.39, 0.29) is 12.3 Å². The van der Waals surface area contributed by atoms with Crippen LogP contribution >= 0.6 is 0 Å². The first-order valence-corrected chi connectivity index (χ1v) is 8.99. The van der Waals surface area contributed by atoms with E-state index >= 15 is 0 Å². The third kappa shape index (κ3) is 3.83. The summed E-state index contributed by atoms with van der Waals surface area (Å²) in [5, 5.41) is 7.09. The highest BCUT2D eigenvalue weighted by atomic mass is 19.4. The number of H-pyrrole nitrogens is 1. The van der Waals surface area contributed by atoms with Crippen LogP contribution in [0.15, 0.2) is 48.5 Å². The molecule has 1 aliphatic rings. The van der Waals surface area contributed by atoms with Gasteiger partial charge in [-0.25, -0.2) is 0 Å². The highest BCUT2D eigenvalue weighted by molar-refractivity contribution is 5.83. The number of nitrogens with zero attached hydrogens (tertiary/aromatic N) is 2. The van der Waals surface area contributed by atoms with Crippen LogP contribution in [-0.2, 0) is 30.5 Å². The second kappa shape index (κ2) is 7.27. The normalized spacial score (nSPS) is 14.1. The molecule has 8 heteroatoms. The average molecular weight is 401 g/mol. The lowest BCUT2D eigenvalue weighted by atomic mass is 9.98. The number of rotatable bonds is 4. The van der Waals surface area contributed by atoms with E-state index in [0.717, 1.165) is 29.1 Å². The molecule has 0 saturated heterocycles. The Kier molecular flexibility index (Phi) is 4.77. The van der Waals surface area contributed by atoms with Crippen molar-refractivity contribution in [2.75, 3.05) is 7.11 Å². The van der Waals surface area contributed by atoms with Gasteiger partial charge in [0.15, 0.2) is 0 Å². The molecule has 29 heavy (non-hydrogen) atoms. The molecule has 150 valence electrons. The van der Waals surface area contributed by atoms with Gasteiger partial charge in [0.1, 0.15) is 5.75 Å². The number of alkyl halides is 3. The monoisotopic (exact) mass is 401 g/mol. The zero-order valence-corrected chi connectivity index (χ0v) is 15.6. The van der Waals surface area contributed by atoms with E-state index in [1.807, 2.05) is 24.3 Å². The molecule has 2 aromatic carbocycles. The zero-order chi connectivity index (χ0) is 20.6. The van der Waals surface area contributed by atoms with Gasteiger partial charge in [-0.15, -0.1) is 0 Å². The van der Waals surface area contributed by atoms with Gasteiger partial charge in [0, 0.05) is 17.7 Å². The van der Waals surface area contributed by atoms with Crippen LogP contribution in [0, 0.1) is 0 Å². The summed E-state index contributed by atoms with van der Waals surface area (Å²) in [6, 6.07) is 12.4. The fourth-order valence-corrected chi connectivity index (χ4v) is 3.44. The number of carbonyl (C=O) groups excluding carboxylic acids is 1. The molecule has 1 aromatic heterocycles. The number of amides is 1. The molecule has 0 radical (unpaired) electrons. The van der Waals surface area contributed by atoms with Crippen LogP contribution in [0.5, 0.6) is 5.75 Å². The van der Waals surface area contributed by atoms with Crippen LogP contribution in [0.25, 0.3) is 11.3 Å². The number of fused-ring (bicyclic) bond motifs is 1. The highest BCUT2D eigenvalue weighted by Gasteiger charge is 2.32. The van der Waals surface area contributed by atoms with Gasteiger partial charge in [-0.2, -0.15) is 18.3 Å². The quantitative estimate of drug-likeness (QED) is 0.713. The molecule has 0 spiro atoms. The molecule has 3 aromatic rings. The maximum atomic E-state index is 13.0. The number of nitrogens with one attached hydrogen (secondary N) is 1. The van der Waals surface area contributed by atoms with Crippen molar-refractivity contribution in [2.24, 2.45) is 0 Å². The summed E-state index contributed by atoms with van der Waals surface area (Å²) in [5.41, 5.74) is 2.35. The molecule has 5 nitrogen and oxygen atoms in total. The van der Waals surface area contributed by atoms with Crippen molar-refractivity contribution in [3.05, 3.63) is 70.9 Å². The predicted octanol–water partition coefficient (Wildman–Crippen LogP) is 4.19. The van der Waals surface area contributed by atoms with Crippen LogP contribution in [0.3, 0.4) is 0 Å². The number of methoxy groups -OCH3 is 1. The maximum Gasteiger partial charge on any atom is 0.416 e. The lowest BCUT2D eigenvalue weighted by Gasteiger charge is -2.27. The standard InChI is InChI=1S/C21H18F3N3O2/c1-29-16-7-5-13(6-8-16)11-27-12-18-17(10-19(27)28)20(26-25-18)14-3-2-4-15(9-14)21(22,23)24/h2-9H,10-12H2,1H3,(H,25,26). The van der Waals surface area contributed by atoms with Gasteiger partial charge >= 0.3 is 6.18 Å². The SMILES string of the molecule is COc1ccc(CN2Cc3[nH]nc(-c4cccc(C(F)(F)F)c4)c3CC2=O)cc1. The molecule has 0 aliphatic carbocycles. The molecule has 1 amide bonds. The molecule has 1 N–H and O–H groups in total. The van der Waals surface area contributed by atoms with Gasteiger partial charge in [0.2, 0.25) is 5.91 Å². The summed E-state index contributed by atoms with van der Waals surface area (Å²) in [6.45, 7) is 0.756. The Morgan fingerprint density at radius 2 is 1.93 bits per heavy atom. The number of benzene rings is 2. The van der Waals surface area contributed by atoms with Crippen molar-refractivity contribution in [1.29, 1.82) is 0 Å². The number of aromatic nitrogens is 2. The molecule has 0 fully saturated rings. The van der Waals surface area contributed by atoms with Gasteiger partial charge in [-0.1, -0.05) is 24.3 Å². The van der Waals surface area contributed by atoms with Crippen LogP contribution in [0.1, 0.15) is 22.4 Å². The molecule has 0 saturated carbocycles. The van der Waals surface area contributed by atoms with Crippen LogP contribution in [-0.4, -0.2) is 28.1 Å². The van der Waals surface area contributed by atoms with Gasteiger partial charge in [-0.3, -0.25) is 9.89 Å². The van der Waals surface area contributed by atoms with E-state index in [1.54, 1.807) is 18.1 Å². The smallest absolute Gasteiger partial charge is 0.416 e. The number of carbonyl (C=O) groups is 1. The molecule has 2 heterocycles. The van der Waals surface area contributed by atoms with Gasteiger partial charge in [0.05, 0.1) is 37.0 Å². The topological polar surface area (TPSA) is 58.2 Å². The summed E-state index contributed by atoms with van der Waals surface area (Å²) in [7, 11) is 1.59. The number of hydrogen-bond donors (Lipinski definition) is 1. The van der Waals surface area contributed by atoms with Crippen molar-refractivity contribution in [1.82, 2.24) is 15.1 Å². The van der Waals surface area contributed by atoms with Crippen molar-refractivity contribution >= 4 is 5.91 Å². The van der Waals surface area contributed by atoms with Crippen LogP contribution in [0.2, 0.25) is 0 Å². The third-order valence-corrected chi connectivity index (χ3v) is 4.98. The van der Waals surface area contributed by atoms with E-state index in [1.165, 1.54) is 6.07 Å². The first-order chi connectivity index (χ1) is 13.8. The average Bonchev–Trinajstić information content (AvgIpc) is 3.11. The maximum absolute atomic E-state index is 13.0. The molecule has 0 bridgehead atoms. The second-order valence-corrected chi connectivity index (χ2v) is 6.88. The number of aromatic amines is 1. The Balaban J connectivity index is 1.57. The second-order valence-electron chi connectivity index (χ2n) is 6.88. The van der Waals surface area contributed by atoms with E-state index in [2.05, 4.69) is 10.2 Å². The number of ether oxygens (including phenoxy) is 1. The summed E-state index contributed by atoms with van der Waals surface area (Å²) in [4.78, 5) is 14.4. The van der Waals surface area contributed by atoms with E-state index < -0.39 is 11.7 Å². The van der Waals surface area contributed by atoms with Crippen molar-refractivity contribution in [3.8, 4) is 17.0 Å². The molecular weight excluding hydrogens is 383 g/mol. The lowest BCUT2D eigenvalue weighted by Crippen LogP contribution is -2.35. The Bertz CT molecular complexity index is 1040. The first kappa shape index (κ1) is 19.0. The fraction of sp³-hybridized carbons (Fsp3) is 0.238. The van der Waals surface area contributed by atoms with Crippen molar-refractivity contribution in [3.63, 3.8) is 0 Å². The summed E-state index contributed by atoms with van der Waals surface area (Å²) in [5.74, 6) is 0.642. The fourth-order valence-electron chi connectivity index (χ4n) is 3.44. The van der Waals surface area contributed by atoms with E-state index in [4.69, 9.17) is 4.74 Å². The van der Waals surface area contributed by atoms with E-state index in [9.17, 15) is 18.0 Å². The van der Waals surface area contributed by atoms with Crippen LogP contribution < -0.4 is 4.74 Å². The van der Waals surface area contributed by atoms with Gasteiger partial charge < -0.3 is 9.64 Å². The van der Waals surface area contributed by atoms with Crippen molar-refractivity contribution < 1.29 is 22.7 Å². The molecule has 4 rings (SSSR count). The van der Waals surface area contributed by atoms with Gasteiger partial charge in [-0.05, 0) is 29.8 Å². The minimum atomic E-state index is -4.43. The summed E-state index contributed by atoms with van der Waals surface area (Å²) in [6.07, 6.45) is -4.34. The minimum Gasteiger partial charge on any atom is -0.497 e. The summed E-state index contributed by atoms with van der Waals surface area (Å²) < 4.78 is 44.2. The lowest BCUT2D eigenvalue weighted by molar-refractivity contribution is -0.137. The Hall–Kier alpha value is -3.29. The van der Waals surface area contributed by atoms with Crippen molar-refractivity contribution in [2.45, 2.75) is 25.7 Å². The zero-order valence-electron chi connectivity index (χ0n) is 15.6. The number of halogens is 3. The molecule has 1 aliphatic heterocycles. The Labute approximate surface area is 165 Å². The molecular formula is C21H18F3N3O2. The number of hydrogen-bond acceptors (Lipinski definition) is 3. The Morgan fingerprint density at radius 1 is 1.17 bits per heavy atom. The van der Waals surface area contributed by atoms with Gasteiger partial charge in [0.25, 0.3) is 0 Å². The Morgan fingerprint density at radius 3 is 2.62 bits per heavy atom. The molecule has 0 atom stereocenters. The first-order valence-electron chi connectivity index (χ1n) is 8.99. The minimum absolute atomic E-state index is 0.0908. The molecule has 0 unspecified atom stereocenters. The third-order valence-electron chi connectivity index (χ3n) is 4.98. The van der Waals surface area contributed by atoms with Crippen LogP contribution in [0.4, 0.5) is 13.2 Å².